The molecule has 0 aromatic carbocycles. The molecule has 0 aromatic rings. The van der Waals surface area contributed by atoms with Gasteiger partial charge >= 0.3 is 0 Å². The zero-order valence-electron chi connectivity index (χ0n) is 6.52. The Morgan fingerprint density at radius 1 is 1.44 bits per heavy atom. The van der Waals surface area contributed by atoms with E-state index in [0.717, 1.165) is 0 Å². The van der Waals surface area contributed by atoms with Gasteiger partial charge in [-0.15, -0.1) is 5.92 Å². The molecule has 0 heterocycles. The molecule has 1 nitrogen and oxygen atoms in total. The van der Waals surface area contributed by atoms with Crippen LogP contribution >= 0.6 is 0 Å². The molecule has 0 aliphatic carbocycles. The summed E-state index contributed by atoms with van der Waals surface area (Å²) in [4.78, 5) is 0. The highest BCUT2D eigenvalue weighted by atomic mass is 16.3. The standard InChI is InChI=1S/C8H14O/c1-5-6-8(4,9)7(2)3/h7,9H,1-4H3/t8-/m0/s1. The molecule has 0 aliphatic heterocycles. The van der Waals surface area contributed by atoms with Crippen molar-refractivity contribution in [1.29, 1.82) is 0 Å². The maximum Gasteiger partial charge on any atom is 0.124 e. The molecule has 9 heavy (non-hydrogen) atoms. The third-order valence-corrected chi connectivity index (χ3v) is 1.50. The highest BCUT2D eigenvalue weighted by molar-refractivity contribution is 5.11. The van der Waals surface area contributed by atoms with E-state index in [1.165, 1.54) is 0 Å². The van der Waals surface area contributed by atoms with E-state index in [1.54, 1.807) is 13.8 Å². The highest BCUT2D eigenvalue weighted by Gasteiger charge is 2.20. The largest absolute Gasteiger partial charge is 0.378 e. The zero-order chi connectivity index (χ0) is 7.49. The summed E-state index contributed by atoms with van der Waals surface area (Å²) < 4.78 is 0. The minimum atomic E-state index is -0.811. The fourth-order valence-corrected chi connectivity index (χ4v) is 0.397. The van der Waals surface area contributed by atoms with E-state index >= 15 is 0 Å². The van der Waals surface area contributed by atoms with Crippen LogP contribution in [0.15, 0.2) is 0 Å². The number of aliphatic hydroxyl groups is 1. The van der Waals surface area contributed by atoms with Gasteiger partial charge in [0, 0.05) is 0 Å². The van der Waals surface area contributed by atoms with Gasteiger partial charge in [-0.2, -0.15) is 0 Å². The van der Waals surface area contributed by atoms with Crippen LogP contribution in [0.2, 0.25) is 0 Å². The van der Waals surface area contributed by atoms with Crippen molar-refractivity contribution >= 4 is 0 Å². The summed E-state index contributed by atoms with van der Waals surface area (Å²) in [6.45, 7) is 7.36. The van der Waals surface area contributed by atoms with Crippen molar-refractivity contribution in [2.45, 2.75) is 33.3 Å². The van der Waals surface area contributed by atoms with Gasteiger partial charge in [-0.05, 0) is 19.8 Å². The van der Waals surface area contributed by atoms with Gasteiger partial charge in [-0.25, -0.2) is 0 Å². The third-order valence-electron chi connectivity index (χ3n) is 1.50. The van der Waals surface area contributed by atoms with Crippen molar-refractivity contribution in [3.8, 4) is 11.8 Å². The first kappa shape index (κ1) is 8.52. The van der Waals surface area contributed by atoms with Crippen LogP contribution in [0.3, 0.4) is 0 Å². The fraction of sp³-hybridized carbons (Fsp3) is 0.750. The van der Waals surface area contributed by atoms with E-state index in [4.69, 9.17) is 0 Å². The van der Waals surface area contributed by atoms with Crippen LogP contribution in [-0.4, -0.2) is 10.7 Å². The molecule has 0 fully saturated rings. The van der Waals surface area contributed by atoms with Crippen LogP contribution in [-0.2, 0) is 0 Å². The molecule has 0 rings (SSSR count). The second kappa shape index (κ2) is 2.89. The van der Waals surface area contributed by atoms with E-state index in [1.807, 2.05) is 13.8 Å². The molecule has 0 amide bonds. The van der Waals surface area contributed by atoms with Gasteiger partial charge in [-0.3, -0.25) is 0 Å². The predicted octanol–water partition coefficient (Wildman–Crippen LogP) is 1.42. The Morgan fingerprint density at radius 3 is 2.00 bits per heavy atom. The molecule has 1 N–H and O–H groups in total. The van der Waals surface area contributed by atoms with Gasteiger partial charge in [-0.1, -0.05) is 19.8 Å². The topological polar surface area (TPSA) is 20.2 Å². The smallest absolute Gasteiger partial charge is 0.124 e. The van der Waals surface area contributed by atoms with Crippen molar-refractivity contribution in [3.05, 3.63) is 0 Å². The molecule has 0 aliphatic rings. The lowest BCUT2D eigenvalue weighted by atomic mass is 9.93. The first-order chi connectivity index (χ1) is 4.00. The Kier molecular flexibility index (Phi) is 2.73. The van der Waals surface area contributed by atoms with Gasteiger partial charge in [0.2, 0.25) is 0 Å². The summed E-state index contributed by atoms with van der Waals surface area (Å²) in [5.41, 5.74) is -0.811. The first-order valence-electron chi connectivity index (χ1n) is 3.17. The Hall–Kier alpha value is -0.480. The molecule has 1 atom stereocenters. The lowest BCUT2D eigenvalue weighted by Crippen LogP contribution is -2.28. The number of hydrogen-bond acceptors (Lipinski definition) is 1. The van der Waals surface area contributed by atoms with Gasteiger partial charge in [0.15, 0.2) is 0 Å². The molecule has 0 unspecified atom stereocenters. The molecule has 0 radical (unpaired) electrons. The molecule has 0 bridgehead atoms. The van der Waals surface area contributed by atoms with Crippen molar-refractivity contribution < 1.29 is 5.11 Å². The van der Waals surface area contributed by atoms with Crippen molar-refractivity contribution in [2.24, 2.45) is 5.92 Å². The average molecular weight is 126 g/mol. The second-order valence-electron chi connectivity index (χ2n) is 2.68. The van der Waals surface area contributed by atoms with E-state index in [2.05, 4.69) is 11.8 Å². The lowest BCUT2D eigenvalue weighted by Gasteiger charge is -2.20. The van der Waals surface area contributed by atoms with E-state index in [-0.39, 0.29) is 5.92 Å². The Morgan fingerprint density at radius 2 is 1.89 bits per heavy atom. The molecule has 0 aromatic heterocycles. The monoisotopic (exact) mass is 126 g/mol. The summed E-state index contributed by atoms with van der Waals surface area (Å²) in [6.07, 6.45) is 0. The van der Waals surface area contributed by atoms with Gasteiger partial charge in [0.25, 0.3) is 0 Å². The average Bonchev–Trinajstić information content (AvgIpc) is 1.65. The Balaban J connectivity index is 4.13. The maximum absolute atomic E-state index is 9.42. The van der Waals surface area contributed by atoms with Crippen LogP contribution in [0.1, 0.15) is 27.7 Å². The summed E-state index contributed by atoms with van der Waals surface area (Å²) in [5.74, 6) is 5.62. The van der Waals surface area contributed by atoms with Crippen molar-refractivity contribution in [2.75, 3.05) is 0 Å². The molecular formula is C8H14O. The number of hydrogen-bond donors (Lipinski definition) is 1. The van der Waals surface area contributed by atoms with Crippen molar-refractivity contribution in [1.82, 2.24) is 0 Å². The van der Waals surface area contributed by atoms with Crippen molar-refractivity contribution in [3.63, 3.8) is 0 Å². The predicted molar refractivity (Wildman–Crippen MR) is 38.9 cm³/mol. The molecule has 52 valence electrons. The van der Waals surface area contributed by atoms with Crippen LogP contribution in [0.5, 0.6) is 0 Å². The Bertz CT molecular complexity index is 134. The maximum atomic E-state index is 9.42. The summed E-state index contributed by atoms with van der Waals surface area (Å²) in [7, 11) is 0. The quantitative estimate of drug-likeness (QED) is 0.527. The summed E-state index contributed by atoms with van der Waals surface area (Å²) >= 11 is 0. The highest BCUT2D eigenvalue weighted by Crippen LogP contribution is 2.13. The van der Waals surface area contributed by atoms with Crippen LogP contribution in [0.25, 0.3) is 0 Å². The molecule has 0 saturated carbocycles. The Labute approximate surface area is 57.1 Å². The van der Waals surface area contributed by atoms with E-state index in [9.17, 15) is 5.11 Å². The van der Waals surface area contributed by atoms with Crippen LogP contribution in [0.4, 0.5) is 0 Å². The zero-order valence-corrected chi connectivity index (χ0v) is 6.52. The fourth-order valence-electron chi connectivity index (χ4n) is 0.397. The normalized spacial score (nSPS) is 16.2. The molecular weight excluding hydrogens is 112 g/mol. The summed E-state index contributed by atoms with van der Waals surface area (Å²) in [6, 6.07) is 0. The second-order valence-corrected chi connectivity index (χ2v) is 2.68. The van der Waals surface area contributed by atoms with Gasteiger partial charge in [0.05, 0.1) is 0 Å². The van der Waals surface area contributed by atoms with Gasteiger partial charge < -0.3 is 5.11 Å². The minimum absolute atomic E-state index is 0.199. The van der Waals surface area contributed by atoms with Crippen LogP contribution in [0, 0.1) is 17.8 Å². The van der Waals surface area contributed by atoms with E-state index < -0.39 is 5.60 Å². The lowest BCUT2D eigenvalue weighted by molar-refractivity contribution is 0.0726. The SMILES string of the molecule is CC#C[C@](C)(O)C(C)C. The third kappa shape index (κ3) is 2.53. The van der Waals surface area contributed by atoms with E-state index in [0.29, 0.717) is 0 Å². The number of rotatable bonds is 1. The minimum Gasteiger partial charge on any atom is -0.378 e. The molecule has 0 spiro atoms. The molecule has 1 heteroatoms. The van der Waals surface area contributed by atoms with Gasteiger partial charge in [0.1, 0.15) is 5.60 Å². The first-order valence-corrected chi connectivity index (χ1v) is 3.17. The van der Waals surface area contributed by atoms with Crippen LogP contribution < -0.4 is 0 Å². The summed E-state index contributed by atoms with van der Waals surface area (Å²) in [5, 5.41) is 9.42. The molecule has 0 saturated heterocycles.